The Kier molecular flexibility index (Phi) is 6.20. The first-order valence-electron chi connectivity index (χ1n) is 6.58. The Labute approximate surface area is 110 Å². The summed E-state index contributed by atoms with van der Waals surface area (Å²) in [6.45, 7) is 6.90. The molecule has 0 amide bonds. The number of benzene rings is 1. The van der Waals surface area contributed by atoms with E-state index in [0.717, 1.165) is 18.4 Å². The van der Waals surface area contributed by atoms with Gasteiger partial charge in [-0.05, 0) is 29.5 Å². The van der Waals surface area contributed by atoms with Crippen molar-refractivity contribution in [3.05, 3.63) is 41.5 Å². The maximum atomic E-state index is 11.4. The fourth-order valence-corrected chi connectivity index (χ4v) is 1.52. The molecule has 0 fully saturated rings. The van der Waals surface area contributed by atoms with E-state index in [-0.39, 0.29) is 5.97 Å². The minimum Gasteiger partial charge on any atom is -0.463 e. The average molecular weight is 246 g/mol. The molecule has 2 heteroatoms. The van der Waals surface area contributed by atoms with Crippen molar-refractivity contribution in [2.75, 3.05) is 6.61 Å². The highest BCUT2D eigenvalue weighted by atomic mass is 16.5. The lowest BCUT2D eigenvalue weighted by atomic mass is 10.0. The molecule has 0 aliphatic carbocycles. The number of unbranched alkanes of at least 4 members (excludes halogenated alkanes) is 1. The van der Waals surface area contributed by atoms with Gasteiger partial charge in [-0.2, -0.15) is 0 Å². The zero-order valence-corrected chi connectivity index (χ0v) is 11.5. The molecule has 0 saturated carbocycles. The van der Waals surface area contributed by atoms with Crippen molar-refractivity contribution >= 4 is 12.0 Å². The zero-order valence-electron chi connectivity index (χ0n) is 11.5. The monoisotopic (exact) mass is 246 g/mol. The third-order valence-corrected chi connectivity index (χ3v) is 2.76. The Bertz CT molecular complexity index is 388. The summed E-state index contributed by atoms with van der Waals surface area (Å²) in [5.74, 6) is 0.262. The summed E-state index contributed by atoms with van der Waals surface area (Å²) in [7, 11) is 0. The fourth-order valence-electron chi connectivity index (χ4n) is 1.52. The van der Waals surface area contributed by atoms with Gasteiger partial charge in [0.05, 0.1) is 6.61 Å². The van der Waals surface area contributed by atoms with Gasteiger partial charge in [-0.25, -0.2) is 4.79 Å². The molecular formula is C16H22O2. The smallest absolute Gasteiger partial charge is 0.330 e. The lowest BCUT2D eigenvalue weighted by molar-refractivity contribution is -0.137. The zero-order chi connectivity index (χ0) is 13.4. The highest BCUT2D eigenvalue weighted by Gasteiger charge is 1.98. The summed E-state index contributed by atoms with van der Waals surface area (Å²) in [6.07, 6.45) is 5.23. The minimum atomic E-state index is -0.267. The van der Waals surface area contributed by atoms with E-state index >= 15 is 0 Å². The van der Waals surface area contributed by atoms with Gasteiger partial charge in [-0.3, -0.25) is 0 Å². The summed E-state index contributed by atoms with van der Waals surface area (Å²) in [6, 6.07) is 8.22. The van der Waals surface area contributed by atoms with Crippen LogP contribution in [0.4, 0.5) is 0 Å². The van der Waals surface area contributed by atoms with E-state index in [9.17, 15) is 4.79 Å². The predicted molar refractivity (Wildman–Crippen MR) is 75.4 cm³/mol. The van der Waals surface area contributed by atoms with Crippen LogP contribution in [0.5, 0.6) is 0 Å². The van der Waals surface area contributed by atoms with Gasteiger partial charge < -0.3 is 4.74 Å². The van der Waals surface area contributed by atoms with Crippen molar-refractivity contribution in [2.24, 2.45) is 0 Å². The molecule has 0 spiro atoms. The van der Waals surface area contributed by atoms with E-state index in [4.69, 9.17) is 4.74 Å². The number of hydrogen-bond acceptors (Lipinski definition) is 2. The lowest BCUT2D eigenvalue weighted by Crippen LogP contribution is -2.01. The van der Waals surface area contributed by atoms with E-state index in [0.29, 0.717) is 12.5 Å². The van der Waals surface area contributed by atoms with Gasteiger partial charge in [0.25, 0.3) is 0 Å². The maximum absolute atomic E-state index is 11.4. The van der Waals surface area contributed by atoms with Gasteiger partial charge in [0.15, 0.2) is 0 Å². The van der Waals surface area contributed by atoms with Crippen LogP contribution in [0.3, 0.4) is 0 Å². The molecule has 1 rings (SSSR count). The van der Waals surface area contributed by atoms with E-state index < -0.39 is 0 Å². The first-order valence-corrected chi connectivity index (χ1v) is 6.58. The molecule has 0 atom stereocenters. The van der Waals surface area contributed by atoms with Crippen LogP contribution in [0.25, 0.3) is 6.08 Å². The summed E-state index contributed by atoms with van der Waals surface area (Å²) in [4.78, 5) is 11.4. The Morgan fingerprint density at radius 1 is 1.28 bits per heavy atom. The molecular weight excluding hydrogens is 224 g/mol. The SMILES string of the molecule is CCCCOC(=O)/C=C/c1ccc(C(C)C)cc1. The molecule has 0 bridgehead atoms. The molecule has 1 aromatic rings. The normalized spacial score (nSPS) is 11.1. The van der Waals surface area contributed by atoms with Crippen LogP contribution >= 0.6 is 0 Å². The quantitative estimate of drug-likeness (QED) is 0.428. The highest BCUT2D eigenvalue weighted by molar-refractivity contribution is 5.87. The first-order chi connectivity index (χ1) is 8.63. The van der Waals surface area contributed by atoms with Crippen LogP contribution in [0.1, 0.15) is 50.7 Å². The maximum Gasteiger partial charge on any atom is 0.330 e. The summed E-state index contributed by atoms with van der Waals surface area (Å²) >= 11 is 0. The summed E-state index contributed by atoms with van der Waals surface area (Å²) in [5.41, 5.74) is 2.32. The van der Waals surface area contributed by atoms with Gasteiger partial charge in [0.2, 0.25) is 0 Å². The summed E-state index contributed by atoms with van der Waals surface area (Å²) < 4.78 is 5.04. The predicted octanol–water partition coefficient (Wildman–Crippen LogP) is 4.17. The number of carbonyl (C=O) groups excluding carboxylic acids is 1. The first kappa shape index (κ1) is 14.5. The molecule has 1 aromatic carbocycles. The second kappa shape index (κ2) is 7.70. The topological polar surface area (TPSA) is 26.3 Å². The second-order valence-electron chi connectivity index (χ2n) is 4.68. The van der Waals surface area contributed by atoms with Gasteiger partial charge in [0, 0.05) is 6.08 Å². The third kappa shape index (κ3) is 5.17. The van der Waals surface area contributed by atoms with Gasteiger partial charge in [0.1, 0.15) is 0 Å². The van der Waals surface area contributed by atoms with Gasteiger partial charge >= 0.3 is 5.97 Å². The standard InChI is InChI=1S/C16H22O2/c1-4-5-12-18-16(17)11-8-14-6-9-15(10-7-14)13(2)3/h6-11,13H,4-5,12H2,1-3H3/b11-8+. The van der Waals surface area contributed by atoms with Crippen LogP contribution in [0, 0.1) is 0 Å². The van der Waals surface area contributed by atoms with Crippen LogP contribution < -0.4 is 0 Å². The van der Waals surface area contributed by atoms with E-state index in [1.807, 2.05) is 12.1 Å². The Hall–Kier alpha value is -1.57. The molecule has 0 heterocycles. The molecule has 0 N–H and O–H groups in total. The molecule has 0 aromatic heterocycles. The van der Waals surface area contributed by atoms with Crippen LogP contribution in [-0.2, 0) is 9.53 Å². The van der Waals surface area contributed by atoms with Crippen LogP contribution in [-0.4, -0.2) is 12.6 Å². The van der Waals surface area contributed by atoms with Crippen molar-refractivity contribution in [2.45, 2.75) is 39.5 Å². The van der Waals surface area contributed by atoms with E-state index in [1.165, 1.54) is 11.6 Å². The van der Waals surface area contributed by atoms with Crippen molar-refractivity contribution < 1.29 is 9.53 Å². The third-order valence-electron chi connectivity index (χ3n) is 2.76. The van der Waals surface area contributed by atoms with Crippen LogP contribution in [0.15, 0.2) is 30.3 Å². The second-order valence-corrected chi connectivity index (χ2v) is 4.68. The van der Waals surface area contributed by atoms with Crippen molar-refractivity contribution in [1.82, 2.24) is 0 Å². The molecule has 0 unspecified atom stereocenters. The number of esters is 1. The van der Waals surface area contributed by atoms with E-state index in [2.05, 4.69) is 32.9 Å². The summed E-state index contributed by atoms with van der Waals surface area (Å²) in [5, 5.41) is 0. The molecule has 18 heavy (non-hydrogen) atoms. The highest BCUT2D eigenvalue weighted by Crippen LogP contribution is 2.15. The Morgan fingerprint density at radius 3 is 2.50 bits per heavy atom. The number of ether oxygens (including phenoxy) is 1. The number of hydrogen-bond donors (Lipinski definition) is 0. The molecule has 2 nitrogen and oxygen atoms in total. The van der Waals surface area contributed by atoms with Gasteiger partial charge in [-0.15, -0.1) is 0 Å². The number of rotatable bonds is 6. The molecule has 0 radical (unpaired) electrons. The van der Waals surface area contributed by atoms with Crippen molar-refractivity contribution in [1.29, 1.82) is 0 Å². The fraction of sp³-hybridized carbons (Fsp3) is 0.438. The van der Waals surface area contributed by atoms with Crippen LogP contribution in [0.2, 0.25) is 0 Å². The largest absolute Gasteiger partial charge is 0.463 e. The molecule has 0 saturated heterocycles. The molecule has 0 aliphatic rings. The van der Waals surface area contributed by atoms with E-state index in [1.54, 1.807) is 6.08 Å². The molecule has 0 aliphatic heterocycles. The lowest BCUT2D eigenvalue weighted by Gasteiger charge is -2.04. The number of carbonyl (C=O) groups is 1. The average Bonchev–Trinajstić information content (AvgIpc) is 2.37. The van der Waals surface area contributed by atoms with Gasteiger partial charge in [-0.1, -0.05) is 51.5 Å². The Morgan fingerprint density at radius 2 is 1.94 bits per heavy atom. The minimum absolute atomic E-state index is 0.267. The van der Waals surface area contributed by atoms with Crippen molar-refractivity contribution in [3.8, 4) is 0 Å². The Balaban J connectivity index is 2.48. The van der Waals surface area contributed by atoms with Crippen molar-refractivity contribution in [3.63, 3.8) is 0 Å². The molecule has 98 valence electrons.